The van der Waals surface area contributed by atoms with Crippen molar-refractivity contribution < 1.29 is 33.3 Å². The maximum absolute atomic E-state index is 15.2. The van der Waals surface area contributed by atoms with E-state index in [1.54, 1.807) is 28.4 Å². The van der Waals surface area contributed by atoms with Gasteiger partial charge in [-0.2, -0.15) is 0 Å². The second-order valence-corrected chi connectivity index (χ2v) is 16.5. The van der Waals surface area contributed by atoms with Gasteiger partial charge in [-0.15, -0.1) is 0 Å². The summed E-state index contributed by atoms with van der Waals surface area (Å²) in [5.41, 5.74) is 6.04. The summed E-state index contributed by atoms with van der Waals surface area (Å²) in [7, 11) is 6.69. The van der Waals surface area contributed by atoms with Crippen LogP contribution in [0.5, 0.6) is 23.0 Å². The van der Waals surface area contributed by atoms with Crippen molar-refractivity contribution in [3.8, 4) is 23.0 Å². The first kappa shape index (κ1) is 39.3. The van der Waals surface area contributed by atoms with Crippen LogP contribution in [0.3, 0.4) is 0 Å². The zero-order chi connectivity index (χ0) is 39.7. The van der Waals surface area contributed by atoms with Crippen molar-refractivity contribution in [1.82, 2.24) is 20.1 Å². The van der Waals surface area contributed by atoms with Gasteiger partial charge in [-0.3, -0.25) is 9.69 Å². The SMILES string of the molecule is CCC1CN2CCc3cc(OC)c(OC)cc3[C@@H]2C[C@@H]1C[C@@H]1c2cc(OC)c(OC)cc2CCN1C(=O)[C@H](Cc1c[nH]c2ccccc12)NC(=O)OC(C)(C)C. The van der Waals surface area contributed by atoms with Crippen molar-refractivity contribution in [1.29, 1.82) is 0 Å². The molecule has 5 atom stereocenters. The van der Waals surface area contributed by atoms with E-state index in [9.17, 15) is 4.79 Å². The summed E-state index contributed by atoms with van der Waals surface area (Å²) in [6, 6.07) is 15.6. The topological polar surface area (TPSA) is 115 Å². The largest absolute Gasteiger partial charge is 0.493 e. The number of ether oxygens (including phenoxy) is 5. The number of nitrogens with one attached hydrogen (secondary N) is 2. The van der Waals surface area contributed by atoms with Gasteiger partial charge in [0.15, 0.2) is 23.0 Å². The molecule has 0 spiro atoms. The van der Waals surface area contributed by atoms with Crippen LogP contribution in [0.4, 0.5) is 4.79 Å². The predicted octanol–water partition coefficient (Wildman–Crippen LogP) is 7.80. The molecule has 3 aromatic carbocycles. The van der Waals surface area contributed by atoms with Crippen molar-refractivity contribution in [2.24, 2.45) is 11.8 Å². The predicted molar refractivity (Wildman–Crippen MR) is 217 cm³/mol. The number of nitrogens with zero attached hydrogens (tertiary/aromatic N) is 2. The van der Waals surface area contributed by atoms with E-state index in [1.165, 1.54) is 11.1 Å². The molecule has 7 rings (SSSR count). The fourth-order valence-electron chi connectivity index (χ4n) is 9.46. The van der Waals surface area contributed by atoms with Crippen LogP contribution in [0.2, 0.25) is 0 Å². The van der Waals surface area contributed by atoms with Crippen molar-refractivity contribution in [3.05, 3.63) is 82.5 Å². The van der Waals surface area contributed by atoms with Gasteiger partial charge in [-0.25, -0.2) is 4.79 Å². The van der Waals surface area contributed by atoms with Gasteiger partial charge in [-0.1, -0.05) is 31.5 Å². The van der Waals surface area contributed by atoms with Gasteiger partial charge in [0.25, 0.3) is 0 Å². The molecule has 0 aliphatic carbocycles. The summed E-state index contributed by atoms with van der Waals surface area (Å²) in [6.07, 6.45) is 6.02. The zero-order valence-electron chi connectivity index (χ0n) is 34.2. The monoisotopic (exact) mass is 766 g/mol. The van der Waals surface area contributed by atoms with Gasteiger partial charge < -0.3 is 38.9 Å². The minimum absolute atomic E-state index is 0.128. The number of para-hydroxylation sites is 1. The fraction of sp³-hybridized carbons (Fsp3) is 0.511. The van der Waals surface area contributed by atoms with Crippen LogP contribution in [-0.2, 0) is 28.8 Å². The average molecular weight is 767 g/mol. The minimum atomic E-state index is -0.857. The summed E-state index contributed by atoms with van der Waals surface area (Å²) < 4.78 is 28.8. The van der Waals surface area contributed by atoms with E-state index in [4.69, 9.17) is 23.7 Å². The first-order valence-electron chi connectivity index (χ1n) is 20.0. The molecule has 1 saturated heterocycles. The lowest BCUT2D eigenvalue weighted by Crippen LogP contribution is -2.53. The average Bonchev–Trinajstić information content (AvgIpc) is 3.60. The van der Waals surface area contributed by atoms with E-state index in [2.05, 4.69) is 46.4 Å². The molecule has 0 saturated carbocycles. The highest BCUT2D eigenvalue weighted by Crippen LogP contribution is 2.49. The van der Waals surface area contributed by atoms with Crippen LogP contribution in [0.25, 0.3) is 10.9 Å². The Morgan fingerprint density at radius 3 is 2.14 bits per heavy atom. The number of amides is 2. The number of piperidine rings is 1. The molecule has 2 N–H and O–H groups in total. The molecule has 2 amide bonds. The molecule has 3 aliphatic heterocycles. The third-order valence-corrected chi connectivity index (χ3v) is 12.2. The normalized spacial score (nSPS) is 21.3. The fourth-order valence-corrected chi connectivity index (χ4v) is 9.46. The van der Waals surface area contributed by atoms with E-state index in [-0.39, 0.29) is 18.0 Å². The molecule has 1 fully saturated rings. The highest BCUT2D eigenvalue weighted by molar-refractivity contribution is 5.89. The van der Waals surface area contributed by atoms with Gasteiger partial charge in [0.1, 0.15) is 11.6 Å². The summed E-state index contributed by atoms with van der Waals surface area (Å²) in [6.45, 7) is 10.3. The lowest BCUT2D eigenvalue weighted by atomic mass is 9.72. The Hall–Kier alpha value is -4.90. The molecule has 56 heavy (non-hydrogen) atoms. The quantitative estimate of drug-likeness (QED) is 0.159. The smallest absolute Gasteiger partial charge is 0.408 e. The second kappa shape index (κ2) is 16.3. The van der Waals surface area contributed by atoms with E-state index in [1.807, 2.05) is 56.1 Å². The van der Waals surface area contributed by atoms with Crippen molar-refractivity contribution in [2.75, 3.05) is 48.1 Å². The third-order valence-electron chi connectivity index (χ3n) is 12.2. The minimum Gasteiger partial charge on any atom is -0.493 e. The number of hydrogen-bond acceptors (Lipinski definition) is 8. The van der Waals surface area contributed by atoms with Crippen LogP contribution < -0.4 is 24.3 Å². The van der Waals surface area contributed by atoms with E-state index >= 15 is 4.79 Å². The standard InChI is InChI=1S/C45H58N4O7/c1-9-27-26-48-16-14-28-21-39(52-5)41(54-7)23-33(28)37(48)19-30(27)20-38-34-24-42(55-8)40(53-6)22-29(34)15-17-49(38)43(50)36(47-44(51)56-45(2,3)4)18-31-25-46-35-13-11-10-12-32(31)35/h10-13,21-25,27,30,36-38,46H,9,14-20,26H2,1-8H3,(H,47,51)/t27?,30-,36+,37+,38-/m1/s1. The Kier molecular flexibility index (Phi) is 11.4. The molecule has 3 aliphatic rings. The summed E-state index contributed by atoms with van der Waals surface area (Å²) in [5, 5.41) is 4.03. The molecular weight excluding hydrogens is 709 g/mol. The molecule has 300 valence electrons. The third kappa shape index (κ3) is 7.88. The van der Waals surface area contributed by atoms with Gasteiger partial charge >= 0.3 is 6.09 Å². The lowest BCUT2D eigenvalue weighted by molar-refractivity contribution is -0.137. The number of carbonyl (C=O) groups is 2. The number of hydrogen-bond donors (Lipinski definition) is 2. The zero-order valence-corrected chi connectivity index (χ0v) is 34.2. The van der Waals surface area contributed by atoms with Crippen LogP contribution in [-0.4, -0.2) is 86.5 Å². The first-order valence-corrected chi connectivity index (χ1v) is 20.0. The van der Waals surface area contributed by atoms with Crippen LogP contribution >= 0.6 is 0 Å². The van der Waals surface area contributed by atoms with Gasteiger partial charge in [0.05, 0.1) is 34.5 Å². The van der Waals surface area contributed by atoms with Crippen LogP contribution in [0, 0.1) is 11.8 Å². The molecule has 4 aromatic rings. The number of fused-ring (bicyclic) bond motifs is 5. The maximum atomic E-state index is 15.2. The molecule has 1 aromatic heterocycles. The lowest BCUT2D eigenvalue weighted by Gasteiger charge is -2.49. The second-order valence-electron chi connectivity index (χ2n) is 16.5. The number of aromatic amines is 1. The van der Waals surface area contributed by atoms with Crippen LogP contribution in [0.1, 0.15) is 86.9 Å². The van der Waals surface area contributed by atoms with E-state index in [0.29, 0.717) is 42.7 Å². The van der Waals surface area contributed by atoms with Crippen molar-refractivity contribution in [3.63, 3.8) is 0 Å². The summed E-state index contributed by atoms with van der Waals surface area (Å²) in [5.74, 6) is 3.45. The van der Waals surface area contributed by atoms with Gasteiger partial charge in [0.2, 0.25) is 5.91 Å². The van der Waals surface area contributed by atoms with Crippen molar-refractivity contribution in [2.45, 2.75) is 89.9 Å². The van der Waals surface area contributed by atoms with Gasteiger partial charge in [-0.05, 0) is 116 Å². The highest BCUT2D eigenvalue weighted by Gasteiger charge is 2.43. The van der Waals surface area contributed by atoms with E-state index in [0.717, 1.165) is 77.9 Å². The molecule has 11 nitrogen and oxygen atoms in total. The molecule has 4 heterocycles. The Bertz CT molecular complexity index is 2050. The molecule has 0 radical (unpaired) electrons. The Labute approximate surface area is 331 Å². The molecule has 0 bridgehead atoms. The molecule has 1 unspecified atom stereocenters. The molecule has 11 heteroatoms. The number of benzene rings is 3. The van der Waals surface area contributed by atoms with Crippen LogP contribution in [0.15, 0.2) is 54.7 Å². The van der Waals surface area contributed by atoms with Gasteiger partial charge in [0, 0.05) is 49.2 Å². The number of alkyl carbamates (subject to hydrolysis) is 1. The number of rotatable bonds is 11. The summed E-state index contributed by atoms with van der Waals surface area (Å²) >= 11 is 0. The number of methoxy groups -OCH3 is 4. The first-order chi connectivity index (χ1) is 26.9. The number of H-pyrrole nitrogens is 1. The van der Waals surface area contributed by atoms with E-state index < -0.39 is 17.7 Å². The molecular formula is C45H58N4O7. The Balaban J connectivity index is 1.26. The Morgan fingerprint density at radius 2 is 1.48 bits per heavy atom. The number of carbonyl (C=O) groups excluding carboxylic acids is 2. The highest BCUT2D eigenvalue weighted by atomic mass is 16.6. The van der Waals surface area contributed by atoms with Crippen molar-refractivity contribution >= 4 is 22.9 Å². The number of aromatic nitrogens is 1. The maximum Gasteiger partial charge on any atom is 0.408 e. The Morgan fingerprint density at radius 1 is 0.857 bits per heavy atom. The summed E-state index contributed by atoms with van der Waals surface area (Å²) in [4.78, 5) is 36.7.